The van der Waals surface area contributed by atoms with Gasteiger partial charge in [-0.25, -0.2) is 0 Å². The predicted molar refractivity (Wildman–Crippen MR) is 93.3 cm³/mol. The number of hydrogen-bond acceptors (Lipinski definition) is 5. The summed E-state index contributed by atoms with van der Waals surface area (Å²) in [4.78, 5) is 12.5. The Morgan fingerprint density at radius 3 is 2.68 bits per heavy atom. The first-order chi connectivity index (χ1) is 12.2. The number of methoxy groups -OCH3 is 2. The second kappa shape index (κ2) is 8.02. The zero-order chi connectivity index (χ0) is 17.6. The molecule has 1 N–H and O–H groups in total. The summed E-state index contributed by atoms with van der Waals surface area (Å²) in [5, 5.41) is 7.14. The predicted octanol–water partition coefficient (Wildman–Crippen LogP) is 2.72. The minimum atomic E-state index is -0.245. The standard InChI is InChI=1S/C18H23N3O4/c1-23-16-7-13(8-17(9-16)24-2)18(22)20-14-10-19-21(11-14)12-15-5-3-4-6-25-15/h7-11,15H,3-6,12H2,1-2H3,(H,20,22). The van der Waals surface area contributed by atoms with Crippen LogP contribution >= 0.6 is 0 Å². The average Bonchev–Trinajstić information content (AvgIpc) is 3.08. The van der Waals surface area contributed by atoms with Crippen molar-refractivity contribution >= 4 is 11.6 Å². The molecule has 0 saturated carbocycles. The van der Waals surface area contributed by atoms with Crippen LogP contribution < -0.4 is 14.8 Å². The Balaban J connectivity index is 1.65. The first kappa shape index (κ1) is 17.3. The fraction of sp³-hybridized carbons (Fsp3) is 0.444. The maximum absolute atomic E-state index is 12.5. The highest BCUT2D eigenvalue weighted by molar-refractivity contribution is 6.04. The van der Waals surface area contributed by atoms with Crippen molar-refractivity contribution in [3.05, 3.63) is 36.2 Å². The summed E-state index contributed by atoms with van der Waals surface area (Å²) in [5.41, 5.74) is 1.10. The molecule has 7 heteroatoms. The van der Waals surface area contributed by atoms with E-state index in [1.807, 2.05) is 6.20 Å². The molecule has 1 aliphatic heterocycles. The monoisotopic (exact) mass is 345 g/mol. The highest BCUT2D eigenvalue weighted by Gasteiger charge is 2.16. The average molecular weight is 345 g/mol. The molecule has 0 aliphatic carbocycles. The van der Waals surface area contributed by atoms with Crippen LogP contribution in [-0.4, -0.2) is 42.6 Å². The van der Waals surface area contributed by atoms with Crippen molar-refractivity contribution in [2.24, 2.45) is 0 Å². The molecule has 7 nitrogen and oxygen atoms in total. The van der Waals surface area contributed by atoms with E-state index < -0.39 is 0 Å². The topological polar surface area (TPSA) is 74.6 Å². The summed E-state index contributed by atoms with van der Waals surface area (Å²) < 4.78 is 17.9. The number of carbonyl (C=O) groups is 1. The molecule has 1 aliphatic rings. The van der Waals surface area contributed by atoms with Crippen molar-refractivity contribution in [3.63, 3.8) is 0 Å². The lowest BCUT2D eigenvalue weighted by Gasteiger charge is -2.22. The highest BCUT2D eigenvalue weighted by Crippen LogP contribution is 2.23. The molecule has 1 atom stereocenters. The number of nitrogens with zero attached hydrogens (tertiary/aromatic N) is 2. The fourth-order valence-corrected chi connectivity index (χ4v) is 2.83. The van der Waals surface area contributed by atoms with Crippen molar-refractivity contribution < 1.29 is 19.0 Å². The first-order valence-electron chi connectivity index (χ1n) is 8.36. The van der Waals surface area contributed by atoms with Crippen LogP contribution in [0.15, 0.2) is 30.6 Å². The second-order valence-electron chi connectivity index (χ2n) is 6.00. The number of carbonyl (C=O) groups excluding carboxylic acids is 1. The van der Waals surface area contributed by atoms with Crippen LogP contribution in [-0.2, 0) is 11.3 Å². The van der Waals surface area contributed by atoms with Gasteiger partial charge in [0.05, 0.1) is 38.8 Å². The lowest BCUT2D eigenvalue weighted by molar-refractivity contribution is 0.00400. The van der Waals surface area contributed by atoms with E-state index in [9.17, 15) is 4.79 Å². The third-order valence-electron chi connectivity index (χ3n) is 4.17. The molecule has 1 aromatic heterocycles. The van der Waals surface area contributed by atoms with Gasteiger partial charge in [0.25, 0.3) is 5.91 Å². The third kappa shape index (κ3) is 4.51. The van der Waals surface area contributed by atoms with Gasteiger partial charge in [0.2, 0.25) is 0 Å². The van der Waals surface area contributed by atoms with Crippen molar-refractivity contribution in [2.45, 2.75) is 31.9 Å². The number of nitrogens with one attached hydrogen (secondary N) is 1. The molecule has 1 unspecified atom stereocenters. The Morgan fingerprint density at radius 2 is 2.04 bits per heavy atom. The van der Waals surface area contributed by atoms with E-state index in [2.05, 4.69) is 10.4 Å². The summed E-state index contributed by atoms with van der Waals surface area (Å²) in [6, 6.07) is 5.05. The summed E-state index contributed by atoms with van der Waals surface area (Å²) >= 11 is 0. The van der Waals surface area contributed by atoms with E-state index in [1.54, 1.807) is 43.3 Å². The maximum Gasteiger partial charge on any atom is 0.256 e. The van der Waals surface area contributed by atoms with Crippen LogP contribution in [0.25, 0.3) is 0 Å². The number of hydrogen-bond donors (Lipinski definition) is 1. The van der Waals surface area contributed by atoms with Gasteiger partial charge in [0.15, 0.2) is 0 Å². The molecule has 0 spiro atoms. The van der Waals surface area contributed by atoms with E-state index in [-0.39, 0.29) is 12.0 Å². The number of rotatable bonds is 6. The number of anilines is 1. The van der Waals surface area contributed by atoms with Crippen LogP contribution in [0.3, 0.4) is 0 Å². The minimum Gasteiger partial charge on any atom is -0.497 e. The van der Waals surface area contributed by atoms with E-state index in [4.69, 9.17) is 14.2 Å². The van der Waals surface area contributed by atoms with Gasteiger partial charge >= 0.3 is 0 Å². The molecule has 1 saturated heterocycles. The Hall–Kier alpha value is -2.54. The number of ether oxygens (including phenoxy) is 3. The van der Waals surface area contributed by atoms with Crippen LogP contribution in [0.5, 0.6) is 11.5 Å². The molecule has 3 rings (SSSR count). The van der Waals surface area contributed by atoms with Crippen molar-refractivity contribution in [1.29, 1.82) is 0 Å². The third-order valence-corrected chi connectivity index (χ3v) is 4.17. The molecule has 1 amide bonds. The van der Waals surface area contributed by atoms with Gasteiger partial charge in [-0.1, -0.05) is 0 Å². The second-order valence-corrected chi connectivity index (χ2v) is 6.00. The summed E-state index contributed by atoms with van der Waals surface area (Å²) in [6.07, 6.45) is 7.00. The maximum atomic E-state index is 12.5. The zero-order valence-electron chi connectivity index (χ0n) is 14.5. The minimum absolute atomic E-state index is 0.194. The summed E-state index contributed by atoms with van der Waals surface area (Å²) in [7, 11) is 3.10. The fourth-order valence-electron chi connectivity index (χ4n) is 2.83. The molecule has 2 heterocycles. The Bertz CT molecular complexity index is 701. The molecular formula is C18H23N3O4. The molecule has 25 heavy (non-hydrogen) atoms. The smallest absolute Gasteiger partial charge is 0.256 e. The number of benzene rings is 1. The number of aromatic nitrogens is 2. The quantitative estimate of drug-likeness (QED) is 0.871. The van der Waals surface area contributed by atoms with Crippen LogP contribution in [0.4, 0.5) is 5.69 Å². The van der Waals surface area contributed by atoms with Crippen molar-refractivity contribution in [2.75, 3.05) is 26.1 Å². The highest BCUT2D eigenvalue weighted by atomic mass is 16.5. The van der Waals surface area contributed by atoms with Crippen molar-refractivity contribution in [3.8, 4) is 11.5 Å². The van der Waals surface area contributed by atoms with E-state index >= 15 is 0 Å². The zero-order valence-corrected chi connectivity index (χ0v) is 14.5. The molecule has 2 aromatic rings. The van der Waals surface area contributed by atoms with E-state index in [0.29, 0.717) is 29.3 Å². The van der Waals surface area contributed by atoms with Gasteiger partial charge in [-0.15, -0.1) is 0 Å². The van der Waals surface area contributed by atoms with Gasteiger partial charge in [-0.3, -0.25) is 9.48 Å². The van der Waals surface area contributed by atoms with Crippen LogP contribution in [0.2, 0.25) is 0 Å². The van der Waals surface area contributed by atoms with Crippen LogP contribution in [0, 0.1) is 0 Å². The van der Waals surface area contributed by atoms with Crippen molar-refractivity contribution in [1.82, 2.24) is 9.78 Å². The first-order valence-corrected chi connectivity index (χ1v) is 8.36. The van der Waals surface area contributed by atoms with Gasteiger partial charge in [-0.2, -0.15) is 5.10 Å². The van der Waals surface area contributed by atoms with E-state index in [0.717, 1.165) is 19.4 Å². The lowest BCUT2D eigenvalue weighted by atomic mass is 10.1. The van der Waals surface area contributed by atoms with Gasteiger partial charge < -0.3 is 19.5 Å². The van der Waals surface area contributed by atoms with Gasteiger partial charge in [0.1, 0.15) is 11.5 Å². The largest absolute Gasteiger partial charge is 0.497 e. The summed E-state index contributed by atoms with van der Waals surface area (Å²) in [6.45, 7) is 1.51. The Kier molecular flexibility index (Phi) is 5.55. The molecule has 1 fully saturated rings. The Morgan fingerprint density at radius 1 is 1.28 bits per heavy atom. The molecule has 134 valence electrons. The Labute approximate surface area is 146 Å². The normalized spacial score (nSPS) is 17.1. The molecular weight excluding hydrogens is 322 g/mol. The molecule has 1 aromatic carbocycles. The lowest BCUT2D eigenvalue weighted by Crippen LogP contribution is -2.24. The van der Waals surface area contributed by atoms with E-state index in [1.165, 1.54) is 6.42 Å². The van der Waals surface area contributed by atoms with Gasteiger partial charge in [-0.05, 0) is 31.4 Å². The van der Waals surface area contributed by atoms with Gasteiger partial charge in [0, 0.05) is 24.4 Å². The molecule has 0 bridgehead atoms. The van der Waals surface area contributed by atoms with Crippen LogP contribution in [0.1, 0.15) is 29.6 Å². The molecule has 0 radical (unpaired) electrons. The summed E-state index contributed by atoms with van der Waals surface area (Å²) in [5.74, 6) is 0.884. The SMILES string of the molecule is COc1cc(OC)cc(C(=O)Nc2cnn(CC3CCCCO3)c2)c1. The number of amides is 1.